The normalized spacial score (nSPS) is 18.2. The summed E-state index contributed by atoms with van der Waals surface area (Å²) in [5.74, 6) is -0.449. The minimum Gasteiger partial charge on any atom is -0.478 e. The van der Waals surface area contributed by atoms with E-state index in [9.17, 15) is 4.79 Å². The monoisotopic (exact) mass is 281 g/mol. The van der Waals surface area contributed by atoms with E-state index in [0.717, 1.165) is 37.4 Å². The molecule has 0 bridgehead atoms. The first kappa shape index (κ1) is 14.2. The van der Waals surface area contributed by atoms with E-state index in [-0.39, 0.29) is 0 Å². The van der Waals surface area contributed by atoms with E-state index in [2.05, 4.69) is 11.0 Å². The lowest BCUT2D eigenvalue weighted by Gasteiger charge is -2.30. The number of rotatable bonds is 5. The second-order valence-corrected chi connectivity index (χ2v) is 6.08. The summed E-state index contributed by atoms with van der Waals surface area (Å²) in [6, 6.07) is 4.02. The Morgan fingerprint density at radius 1 is 1.42 bits per heavy atom. The molecule has 1 aliphatic heterocycles. The Labute approximate surface area is 117 Å². The van der Waals surface area contributed by atoms with Crippen LogP contribution in [0.2, 0.25) is 0 Å². The third-order valence-electron chi connectivity index (χ3n) is 3.42. The molecule has 0 spiro atoms. The summed E-state index contributed by atoms with van der Waals surface area (Å²) in [5.41, 5.74) is 0. The van der Waals surface area contributed by atoms with Crippen LogP contribution in [0.5, 0.6) is 0 Å². The van der Waals surface area contributed by atoms with Crippen LogP contribution in [0, 0.1) is 5.92 Å². The molecule has 0 amide bonds. The zero-order chi connectivity index (χ0) is 13.7. The summed E-state index contributed by atoms with van der Waals surface area (Å²) in [4.78, 5) is 15.1. The molecule has 19 heavy (non-hydrogen) atoms. The fraction of sp³-hybridized carbons (Fsp3) is 0.500. The first-order valence-electron chi connectivity index (χ1n) is 6.50. The van der Waals surface area contributed by atoms with Crippen LogP contribution in [-0.2, 0) is 11.3 Å². The number of aliphatic hydroxyl groups is 1. The smallest absolute Gasteiger partial charge is 0.328 e. The second-order valence-electron chi connectivity index (χ2n) is 4.88. The molecule has 2 heterocycles. The molecule has 0 aliphatic carbocycles. The highest BCUT2D eigenvalue weighted by Crippen LogP contribution is 2.23. The number of nitrogens with zero attached hydrogens (tertiary/aromatic N) is 1. The zero-order valence-corrected chi connectivity index (χ0v) is 11.6. The largest absolute Gasteiger partial charge is 0.478 e. The molecule has 1 aromatic heterocycles. The van der Waals surface area contributed by atoms with Gasteiger partial charge in [-0.1, -0.05) is 0 Å². The van der Waals surface area contributed by atoms with Crippen molar-refractivity contribution < 1.29 is 15.0 Å². The van der Waals surface area contributed by atoms with Gasteiger partial charge in [-0.05, 0) is 50.1 Å². The fourth-order valence-electron chi connectivity index (χ4n) is 2.27. The molecule has 0 atom stereocenters. The Bertz CT molecular complexity index is 447. The topological polar surface area (TPSA) is 60.8 Å². The van der Waals surface area contributed by atoms with Gasteiger partial charge in [-0.2, -0.15) is 0 Å². The molecule has 104 valence electrons. The van der Waals surface area contributed by atoms with Crippen LogP contribution in [0.1, 0.15) is 22.6 Å². The van der Waals surface area contributed by atoms with Crippen LogP contribution in [0.15, 0.2) is 18.2 Å². The van der Waals surface area contributed by atoms with E-state index in [1.54, 1.807) is 17.4 Å². The first-order chi connectivity index (χ1) is 9.17. The third kappa shape index (κ3) is 4.45. The quantitative estimate of drug-likeness (QED) is 0.811. The predicted molar refractivity (Wildman–Crippen MR) is 76.1 cm³/mol. The van der Waals surface area contributed by atoms with Gasteiger partial charge in [0.1, 0.15) is 0 Å². The van der Waals surface area contributed by atoms with Crippen molar-refractivity contribution in [1.29, 1.82) is 0 Å². The maximum atomic E-state index is 10.4. The summed E-state index contributed by atoms with van der Waals surface area (Å²) in [6.07, 6.45) is 4.93. The Kier molecular flexibility index (Phi) is 5.13. The molecule has 0 saturated carbocycles. The molecule has 2 N–H and O–H groups in total. The number of aliphatic hydroxyl groups excluding tert-OH is 1. The molecular formula is C14H19NO3S. The summed E-state index contributed by atoms with van der Waals surface area (Å²) in [5, 5.41) is 17.7. The second kappa shape index (κ2) is 6.84. The highest BCUT2D eigenvalue weighted by molar-refractivity contribution is 7.12. The highest BCUT2D eigenvalue weighted by atomic mass is 32.1. The van der Waals surface area contributed by atoms with Gasteiger partial charge in [0.25, 0.3) is 0 Å². The SMILES string of the molecule is O=C(O)C=Cc1ccc(CN2CCC(CO)CC2)s1. The summed E-state index contributed by atoms with van der Waals surface area (Å²) in [6.45, 7) is 3.29. The molecule has 5 heteroatoms. The number of hydrogen-bond donors (Lipinski definition) is 2. The number of aliphatic carboxylic acids is 1. The maximum absolute atomic E-state index is 10.4. The molecule has 1 aliphatic rings. The molecule has 4 nitrogen and oxygen atoms in total. The molecule has 0 unspecified atom stereocenters. The van der Waals surface area contributed by atoms with Gasteiger partial charge >= 0.3 is 5.97 Å². The van der Waals surface area contributed by atoms with Gasteiger partial charge in [0.05, 0.1) is 0 Å². The van der Waals surface area contributed by atoms with Crippen molar-refractivity contribution in [3.05, 3.63) is 28.0 Å². The van der Waals surface area contributed by atoms with Gasteiger partial charge in [0.2, 0.25) is 0 Å². The first-order valence-corrected chi connectivity index (χ1v) is 7.32. The van der Waals surface area contributed by atoms with E-state index in [1.807, 2.05) is 6.07 Å². The van der Waals surface area contributed by atoms with Gasteiger partial charge in [0, 0.05) is 29.0 Å². The molecule has 0 radical (unpaired) electrons. The Balaban J connectivity index is 1.85. The molecular weight excluding hydrogens is 262 g/mol. The van der Waals surface area contributed by atoms with Gasteiger partial charge in [0.15, 0.2) is 0 Å². The summed E-state index contributed by atoms with van der Waals surface area (Å²) >= 11 is 1.63. The van der Waals surface area contributed by atoms with Gasteiger partial charge in [-0.15, -0.1) is 11.3 Å². The van der Waals surface area contributed by atoms with Crippen molar-refractivity contribution in [2.24, 2.45) is 5.92 Å². The number of carbonyl (C=O) groups is 1. The van der Waals surface area contributed by atoms with Crippen LogP contribution in [0.25, 0.3) is 6.08 Å². The Hall–Kier alpha value is -1.17. The van der Waals surface area contributed by atoms with Crippen LogP contribution < -0.4 is 0 Å². The van der Waals surface area contributed by atoms with Crippen molar-refractivity contribution in [2.75, 3.05) is 19.7 Å². The van der Waals surface area contributed by atoms with Crippen molar-refractivity contribution in [3.63, 3.8) is 0 Å². The lowest BCUT2D eigenvalue weighted by atomic mass is 9.98. The summed E-state index contributed by atoms with van der Waals surface area (Å²) in [7, 11) is 0. The van der Waals surface area contributed by atoms with Crippen molar-refractivity contribution in [2.45, 2.75) is 19.4 Å². The van der Waals surface area contributed by atoms with E-state index in [0.29, 0.717) is 12.5 Å². The zero-order valence-electron chi connectivity index (χ0n) is 10.8. The van der Waals surface area contributed by atoms with Crippen LogP contribution >= 0.6 is 11.3 Å². The van der Waals surface area contributed by atoms with E-state index in [4.69, 9.17) is 10.2 Å². The minimum absolute atomic E-state index is 0.303. The number of thiophene rings is 1. The lowest BCUT2D eigenvalue weighted by molar-refractivity contribution is -0.131. The number of carboxylic acid groups (broad SMARTS) is 1. The number of piperidine rings is 1. The highest BCUT2D eigenvalue weighted by Gasteiger charge is 2.18. The minimum atomic E-state index is -0.916. The Morgan fingerprint density at radius 3 is 2.79 bits per heavy atom. The van der Waals surface area contributed by atoms with Gasteiger partial charge < -0.3 is 10.2 Å². The van der Waals surface area contributed by atoms with E-state index >= 15 is 0 Å². The fourth-order valence-corrected chi connectivity index (χ4v) is 3.23. The van der Waals surface area contributed by atoms with Gasteiger partial charge in [-0.25, -0.2) is 4.79 Å². The lowest BCUT2D eigenvalue weighted by Crippen LogP contribution is -2.34. The molecule has 1 fully saturated rings. The van der Waals surface area contributed by atoms with Crippen LogP contribution in [0.4, 0.5) is 0 Å². The average molecular weight is 281 g/mol. The standard InChI is InChI=1S/C14H19NO3S/c16-10-11-5-7-15(8-6-11)9-13-2-1-12(19-13)3-4-14(17)18/h1-4,11,16H,5-10H2,(H,17,18). The van der Waals surface area contributed by atoms with Crippen LogP contribution in [0.3, 0.4) is 0 Å². The van der Waals surface area contributed by atoms with Crippen molar-refractivity contribution in [3.8, 4) is 0 Å². The number of likely N-dealkylation sites (tertiary alicyclic amines) is 1. The van der Waals surface area contributed by atoms with Gasteiger partial charge in [-0.3, -0.25) is 4.90 Å². The van der Waals surface area contributed by atoms with Crippen LogP contribution in [-0.4, -0.2) is 40.8 Å². The summed E-state index contributed by atoms with van der Waals surface area (Å²) < 4.78 is 0. The van der Waals surface area contributed by atoms with E-state index in [1.165, 1.54) is 11.0 Å². The average Bonchev–Trinajstić information content (AvgIpc) is 2.85. The molecule has 0 aromatic carbocycles. The molecule has 2 rings (SSSR count). The van der Waals surface area contributed by atoms with Crippen molar-refractivity contribution in [1.82, 2.24) is 4.90 Å². The Morgan fingerprint density at radius 2 is 2.16 bits per heavy atom. The predicted octanol–water partition coefficient (Wildman–Crippen LogP) is 2.05. The van der Waals surface area contributed by atoms with Crippen molar-refractivity contribution >= 4 is 23.4 Å². The molecule has 1 aromatic rings. The number of hydrogen-bond acceptors (Lipinski definition) is 4. The third-order valence-corrected chi connectivity index (χ3v) is 4.45. The van der Waals surface area contributed by atoms with E-state index < -0.39 is 5.97 Å². The number of carboxylic acids is 1. The maximum Gasteiger partial charge on any atom is 0.328 e. The molecule has 1 saturated heterocycles.